The molecule has 2 aliphatic rings. The Morgan fingerprint density at radius 3 is 2.32 bits per heavy atom. The summed E-state index contributed by atoms with van der Waals surface area (Å²) in [5.74, 6) is -0.268. The Bertz CT molecular complexity index is 472. The summed E-state index contributed by atoms with van der Waals surface area (Å²) >= 11 is 37.9. The summed E-state index contributed by atoms with van der Waals surface area (Å²) in [6.07, 6.45) is 0.665. The average molecular weight is 384 g/mol. The molecule has 2 nitrogen and oxygen atoms in total. The van der Waals surface area contributed by atoms with Gasteiger partial charge in [-0.1, -0.05) is 46.4 Å². The molecule has 2 bridgehead atoms. The van der Waals surface area contributed by atoms with E-state index in [4.69, 9.17) is 79.6 Å². The zero-order chi connectivity index (χ0) is 14.5. The van der Waals surface area contributed by atoms with E-state index in [2.05, 4.69) is 0 Å². The number of rotatable bonds is 4. The highest BCUT2D eigenvalue weighted by Crippen LogP contribution is 2.74. The lowest BCUT2D eigenvalue weighted by Crippen LogP contribution is -2.45. The first-order chi connectivity index (χ1) is 8.73. The minimum Gasteiger partial charge on any atom is -0.380 e. The topological polar surface area (TPSA) is 33.0 Å². The molecule has 0 spiro atoms. The number of allylic oxidation sites excluding steroid dienone is 2. The molecule has 0 saturated heterocycles. The first-order valence-electron chi connectivity index (χ1n) is 5.50. The highest BCUT2D eigenvalue weighted by Gasteiger charge is 2.78. The summed E-state index contributed by atoms with van der Waals surface area (Å²) in [6, 6.07) is 1.98. The molecule has 0 N–H and O–H groups in total. The molecular weight excluding hydrogens is 375 g/mol. The van der Waals surface area contributed by atoms with Crippen molar-refractivity contribution in [1.82, 2.24) is 0 Å². The van der Waals surface area contributed by atoms with Gasteiger partial charge in [0.05, 0.1) is 35.8 Å². The highest BCUT2D eigenvalue weighted by atomic mass is 35.5. The molecular formula is C11H9Cl6NO. The maximum Gasteiger partial charge on any atom is 0.166 e. The molecule has 0 unspecified atom stereocenters. The summed E-state index contributed by atoms with van der Waals surface area (Å²) in [5, 5.41) is 8.82. The van der Waals surface area contributed by atoms with Crippen LogP contribution in [0, 0.1) is 17.2 Å². The smallest absolute Gasteiger partial charge is 0.166 e. The van der Waals surface area contributed by atoms with Crippen LogP contribution in [0.15, 0.2) is 10.1 Å². The average Bonchev–Trinajstić information content (AvgIpc) is 2.57. The fraction of sp³-hybridized carbons (Fsp3) is 0.727. The van der Waals surface area contributed by atoms with Gasteiger partial charge in [0.25, 0.3) is 0 Å². The van der Waals surface area contributed by atoms with Crippen LogP contribution >= 0.6 is 69.6 Å². The van der Waals surface area contributed by atoms with E-state index in [0.29, 0.717) is 19.4 Å². The van der Waals surface area contributed by atoms with Crippen molar-refractivity contribution in [3.63, 3.8) is 0 Å². The van der Waals surface area contributed by atoms with Crippen molar-refractivity contribution in [2.45, 2.75) is 26.9 Å². The zero-order valence-corrected chi connectivity index (χ0v) is 14.1. The second kappa shape index (κ2) is 5.29. The second-order valence-corrected chi connectivity index (χ2v) is 7.92. The fourth-order valence-electron chi connectivity index (χ4n) is 2.55. The van der Waals surface area contributed by atoms with Crippen LogP contribution in [0.2, 0.25) is 0 Å². The molecule has 3 atom stereocenters. The molecule has 0 aromatic rings. The van der Waals surface area contributed by atoms with Crippen LogP contribution in [0.4, 0.5) is 0 Å². The van der Waals surface area contributed by atoms with Crippen LogP contribution in [0.5, 0.6) is 0 Å². The molecule has 0 radical (unpaired) electrons. The Balaban J connectivity index is 2.22. The number of ether oxygens (including phenoxy) is 1. The maximum atomic E-state index is 8.45. The Morgan fingerprint density at radius 1 is 1.21 bits per heavy atom. The van der Waals surface area contributed by atoms with Crippen LogP contribution in [-0.4, -0.2) is 27.3 Å². The predicted molar refractivity (Wildman–Crippen MR) is 79.5 cm³/mol. The highest BCUT2D eigenvalue weighted by molar-refractivity contribution is 6.65. The van der Waals surface area contributed by atoms with E-state index < -0.39 is 14.1 Å². The Kier molecular flexibility index (Phi) is 4.54. The van der Waals surface area contributed by atoms with Gasteiger partial charge in [0, 0.05) is 5.92 Å². The molecule has 19 heavy (non-hydrogen) atoms. The predicted octanol–water partition coefficient (Wildman–Crippen LogP) is 4.77. The first-order valence-corrected chi connectivity index (χ1v) is 7.76. The van der Waals surface area contributed by atoms with E-state index in [1.807, 2.05) is 6.07 Å². The van der Waals surface area contributed by atoms with Gasteiger partial charge in [-0.25, -0.2) is 0 Å². The van der Waals surface area contributed by atoms with Crippen molar-refractivity contribution >= 4 is 69.6 Å². The minimum absolute atomic E-state index is 0.177. The molecule has 1 saturated carbocycles. The number of nitriles is 1. The SMILES string of the molecule is N#CCCOC[C@H]1C[C@]2(Cl)C(Cl)=C(Cl)[C@@]1(Cl)C2(Cl)Cl. The number of fused-ring (bicyclic) bond motifs is 2. The largest absolute Gasteiger partial charge is 0.380 e. The molecule has 1 fully saturated rings. The van der Waals surface area contributed by atoms with E-state index >= 15 is 0 Å². The minimum atomic E-state index is -1.50. The van der Waals surface area contributed by atoms with Gasteiger partial charge < -0.3 is 4.74 Å². The van der Waals surface area contributed by atoms with E-state index in [1.165, 1.54) is 0 Å². The van der Waals surface area contributed by atoms with Gasteiger partial charge in [-0.2, -0.15) is 5.26 Å². The number of halogens is 6. The first kappa shape index (κ1) is 16.3. The molecule has 0 aromatic carbocycles. The molecule has 2 aliphatic carbocycles. The van der Waals surface area contributed by atoms with E-state index in [-0.39, 0.29) is 22.6 Å². The van der Waals surface area contributed by atoms with Crippen LogP contribution in [-0.2, 0) is 4.74 Å². The number of alkyl halides is 4. The van der Waals surface area contributed by atoms with Crippen molar-refractivity contribution in [3.05, 3.63) is 10.1 Å². The molecule has 0 heterocycles. The Morgan fingerprint density at radius 2 is 1.84 bits per heavy atom. The van der Waals surface area contributed by atoms with Crippen LogP contribution in [0.25, 0.3) is 0 Å². The van der Waals surface area contributed by atoms with Gasteiger partial charge in [-0.05, 0) is 6.42 Å². The van der Waals surface area contributed by atoms with Gasteiger partial charge >= 0.3 is 0 Å². The Hall–Kier alpha value is 0.930. The summed E-state index contributed by atoms with van der Waals surface area (Å²) in [6.45, 7) is 0.573. The molecule has 8 heteroatoms. The summed E-state index contributed by atoms with van der Waals surface area (Å²) in [4.78, 5) is -2.46. The van der Waals surface area contributed by atoms with E-state index in [1.54, 1.807) is 0 Å². The van der Waals surface area contributed by atoms with E-state index in [9.17, 15) is 0 Å². The lowest BCUT2D eigenvalue weighted by molar-refractivity contribution is 0.0979. The van der Waals surface area contributed by atoms with Crippen molar-refractivity contribution in [2.24, 2.45) is 5.92 Å². The number of nitrogens with zero attached hydrogens (tertiary/aromatic N) is 1. The molecule has 2 rings (SSSR count). The van der Waals surface area contributed by atoms with Crippen molar-refractivity contribution in [3.8, 4) is 6.07 Å². The number of hydrogen-bond donors (Lipinski definition) is 0. The molecule has 0 amide bonds. The third-order valence-corrected chi connectivity index (χ3v) is 7.91. The van der Waals surface area contributed by atoms with Crippen molar-refractivity contribution < 1.29 is 4.74 Å². The second-order valence-electron chi connectivity index (χ2n) is 4.60. The molecule has 0 aliphatic heterocycles. The fourth-order valence-corrected chi connectivity index (χ4v) is 5.38. The summed E-state index contributed by atoms with van der Waals surface area (Å²) in [7, 11) is 0. The molecule has 106 valence electrons. The van der Waals surface area contributed by atoms with Gasteiger partial charge in [0.1, 0.15) is 9.75 Å². The standard InChI is InChI=1S/C11H9Cl6NO/c12-7-8(13)10(15)6(5-19-3-1-2-18)4-9(7,14)11(10,16)17/h6H,1,3-5H2/t6-,9+,10-/m1/s1. The van der Waals surface area contributed by atoms with Crippen LogP contribution in [0.1, 0.15) is 12.8 Å². The van der Waals surface area contributed by atoms with Gasteiger partial charge in [0.15, 0.2) is 4.33 Å². The maximum absolute atomic E-state index is 8.45. The normalized spacial score (nSPS) is 39.7. The third kappa shape index (κ3) is 2.01. The van der Waals surface area contributed by atoms with Crippen LogP contribution in [0.3, 0.4) is 0 Å². The van der Waals surface area contributed by atoms with Crippen molar-refractivity contribution in [2.75, 3.05) is 13.2 Å². The van der Waals surface area contributed by atoms with Gasteiger partial charge in [-0.15, -0.1) is 23.2 Å². The van der Waals surface area contributed by atoms with E-state index in [0.717, 1.165) is 0 Å². The monoisotopic (exact) mass is 381 g/mol. The quantitative estimate of drug-likeness (QED) is 0.517. The lowest BCUT2D eigenvalue weighted by atomic mass is 9.93. The molecule has 0 aromatic heterocycles. The third-order valence-electron chi connectivity index (χ3n) is 3.58. The summed E-state index contributed by atoms with van der Waals surface area (Å²) in [5.41, 5.74) is 0. The summed E-state index contributed by atoms with van der Waals surface area (Å²) < 4.78 is 3.89. The van der Waals surface area contributed by atoms with Gasteiger partial charge in [-0.3, -0.25) is 0 Å². The number of hydrogen-bond acceptors (Lipinski definition) is 2. The van der Waals surface area contributed by atoms with Crippen molar-refractivity contribution in [1.29, 1.82) is 5.26 Å². The zero-order valence-electron chi connectivity index (χ0n) is 9.53. The van der Waals surface area contributed by atoms with Gasteiger partial charge in [0.2, 0.25) is 0 Å². The lowest BCUT2D eigenvalue weighted by Gasteiger charge is -2.33. The van der Waals surface area contributed by atoms with Crippen LogP contribution < -0.4 is 0 Å². The Labute approximate surface area is 141 Å².